The fraction of sp³-hybridized carbons (Fsp3) is 0.424. The molecule has 0 aromatic heterocycles. The van der Waals surface area contributed by atoms with Crippen molar-refractivity contribution in [3.05, 3.63) is 75.6 Å². The molecule has 4 atom stereocenters. The first-order valence-electron chi connectivity index (χ1n) is 14.8. The molecule has 0 radical (unpaired) electrons. The van der Waals surface area contributed by atoms with Crippen LogP contribution in [-0.4, -0.2) is 101 Å². The number of hydrogen-bond donors (Lipinski definition) is 5. The smallest absolute Gasteiger partial charge is 0.255 e. The van der Waals surface area contributed by atoms with Crippen molar-refractivity contribution in [3.8, 4) is 5.75 Å². The number of aliphatic hydroxyl groups is 3. The number of benzene rings is 2. The lowest BCUT2D eigenvalue weighted by atomic mass is 9.57. The molecule has 5 rings (SSSR count). The quantitative estimate of drug-likeness (QED) is 0.261. The molecule has 3 aliphatic carbocycles. The molecule has 3 aliphatic rings. The molecule has 0 unspecified atom stereocenters. The molecule has 12 heteroatoms. The number of alkyl halides is 1. The van der Waals surface area contributed by atoms with Crippen LogP contribution in [0.3, 0.4) is 0 Å². The minimum atomic E-state index is -2.71. The van der Waals surface area contributed by atoms with Gasteiger partial charge in [-0.25, -0.2) is 4.39 Å². The predicted octanol–water partition coefficient (Wildman–Crippen LogP) is 2.00. The van der Waals surface area contributed by atoms with Gasteiger partial charge in [0.15, 0.2) is 11.4 Å². The molecule has 1 saturated carbocycles. The van der Waals surface area contributed by atoms with E-state index in [9.17, 15) is 39.2 Å². The van der Waals surface area contributed by atoms with Crippen molar-refractivity contribution < 1.29 is 39.2 Å². The average molecular weight is 623 g/mol. The van der Waals surface area contributed by atoms with Crippen molar-refractivity contribution in [2.75, 3.05) is 46.3 Å². The zero-order valence-electron chi connectivity index (χ0n) is 25.7. The highest BCUT2D eigenvalue weighted by Gasteiger charge is 2.64. The summed E-state index contributed by atoms with van der Waals surface area (Å²) in [6.45, 7) is -0.00150. The van der Waals surface area contributed by atoms with Crippen molar-refractivity contribution in [2.45, 2.75) is 37.6 Å². The third-order valence-electron chi connectivity index (χ3n) is 9.30. The van der Waals surface area contributed by atoms with E-state index in [4.69, 9.17) is 5.73 Å². The number of rotatable bonds is 9. The fourth-order valence-corrected chi connectivity index (χ4v) is 7.28. The van der Waals surface area contributed by atoms with Crippen LogP contribution in [0, 0.1) is 11.8 Å². The number of phenols is 1. The van der Waals surface area contributed by atoms with Crippen LogP contribution < -0.4 is 10.6 Å². The predicted molar refractivity (Wildman–Crippen MR) is 165 cm³/mol. The summed E-state index contributed by atoms with van der Waals surface area (Å²) < 4.78 is 13.6. The lowest BCUT2D eigenvalue weighted by molar-refractivity contribution is -0.153. The van der Waals surface area contributed by atoms with Gasteiger partial charge in [-0.3, -0.25) is 24.2 Å². The van der Waals surface area contributed by atoms with Crippen molar-refractivity contribution >= 4 is 28.9 Å². The van der Waals surface area contributed by atoms with E-state index in [1.54, 1.807) is 34.3 Å². The number of nitrogens with zero attached hydrogens (tertiary/aromatic N) is 3. The number of halogens is 1. The lowest BCUT2D eigenvalue weighted by Gasteiger charge is -2.50. The maximum Gasteiger partial charge on any atom is 0.255 e. The summed E-state index contributed by atoms with van der Waals surface area (Å²) in [5.41, 5.74) is 4.19. The van der Waals surface area contributed by atoms with E-state index in [1.807, 2.05) is 40.1 Å². The Bertz CT molecular complexity index is 1620. The van der Waals surface area contributed by atoms with Gasteiger partial charge in [0.25, 0.3) is 5.91 Å². The number of likely N-dealkylation sites (N-methyl/N-ethyl adjacent to an activating group) is 1. The number of phenolic OH excluding ortho intramolecular Hbond substituents is 1. The van der Waals surface area contributed by atoms with Crippen molar-refractivity contribution in [1.82, 2.24) is 9.80 Å². The largest absolute Gasteiger partial charge is 0.508 e. The van der Waals surface area contributed by atoms with Crippen LogP contribution in [0.25, 0.3) is 5.76 Å². The third-order valence-corrected chi connectivity index (χ3v) is 9.30. The molecule has 1 amide bonds. The number of carbonyl (C=O) groups is 3. The van der Waals surface area contributed by atoms with Crippen LogP contribution in [0.4, 0.5) is 10.1 Å². The molecular weight excluding hydrogens is 583 g/mol. The molecular formula is C33H39FN4O7. The second-order valence-electron chi connectivity index (χ2n) is 12.5. The van der Waals surface area contributed by atoms with Crippen molar-refractivity contribution in [2.24, 2.45) is 17.6 Å². The van der Waals surface area contributed by atoms with Crippen LogP contribution in [0.1, 0.15) is 28.7 Å². The van der Waals surface area contributed by atoms with Gasteiger partial charge in [0, 0.05) is 56.5 Å². The van der Waals surface area contributed by atoms with Crippen LogP contribution in [0.2, 0.25) is 0 Å². The minimum absolute atomic E-state index is 0.00248. The molecule has 240 valence electrons. The Morgan fingerprint density at radius 3 is 2.31 bits per heavy atom. The third kappa shape index (κ3) is 5.16. The molecule has 0 saturated heterocycles. The Balaban J connectivity index is 1.65. The number of ketones is 2. The summed E-state index contributed by atoms with van der Waals surface area (Å²) in [5, 5.41) is 46.3. The standard InChI is InChI=1S/C33H39FN4O7/c1-36(2)22-14-19(16-38(11-10-34)15-17-8-6-5-7-9-17)27(39)24-20(22)12-18-13-21-26(37(3)4)29(41)25(32(35)44)31(43)33(21,45)30(42)23(18)28(24)40/h5-9,14,18,21,26,39-40,43,45H,10-13,15-16H2,1-4H3,(H2,35,44)/t18-,21-,26-,33-/m0/s1. The number of aromatic hydroxyl groups is 1. The number of amides is 1. The number of fused-ring (bicyclic) bond motifs is 3. The number of hydrogen-bond acceptors (Lipinski definition) is 10. The van der Waals surface area contributed by atoms with Gasteiger partial charge >= 0.3 is 0 Å². The molecule has 0 spiro atoms. The van der Waals surface area contributed by atoms with Gasteiger partial charge in [0.1, 0.15) is 29.5 Å². The molecule has 0 aliphatic heterocycles. The van der Waals surface area contributed by atoms with Crippen LogP contribution in [0.15, 0.2) is 53.3 Å². The first kappa shape index (κ1) is 32.1. The highest BCUT2D eigenvalue weighted by Crippen LogP contribution is 2.54. The zero-order chi connectivity index (χ0) is 33.0. The second-order valence-corrected chi connectivity index (χ2v) is 12.5. The normalized spacial score (nSPS) is 24.6. The summed E-state index contributed by atoms with van der Waals surface area (Å²) >= 11 is 0. The van der Waals surface area contributed by atoms with E-state index >= 15 is 0 Å². The summed E-state index contributed by atoms with van der Waals surface area (Å²) in [5.74, 6) is -6.98. The maximum atomic E-state index is 14.2. The van der Waals surface area contributed by atoms with Crippen molar-refractivity contribution in [1.29, 1.82) is 0 Å². The van der Waals surface area contributed by atoms with Gasteiger partial charge in [-0.1, -0.05) is 30.3 Å². The van der Waals surface area contributed by atoms with Gasteiger partial charge in [-0.2, -0.15) is 0 Å². The highest BCUT2D eigenvalue weighted by atomic mass is 19.1. The molecule has 2 aromatic rings. The monoisotopic (exact) mass is 622 g/mol. The molecule has 2 aromatic carbocycles. The van der Waals surface area contributed by atoms with E-state index in [0.29, 0.717) is 23.4 Å². The molecule has 11 nitrogen and oxygen atoms in total. The molecule has 6 N–H and O–H groups in total. The maximum absolute atomic E-state index is 14.2. The molecule has 1 fully saturated rings. The van der Waals surface area contributed by atoms with Gasteiger partial charge in [0.05, 0.1) is 11.6 Å². The van der Waals surface area contributed by atoms with E-state index in [1.165, 1.54) is 4.90 Å². The van der Waals surface area contributed by atoms with E-state index in [-0.39, 0.29) is 42.8 Å². The summed E-state index contributed by atoms with van der Waals surface area (Å²) in [4.78, 5) is 44.8. The van der Waals surface area contributed by atoms with E-state index in [0.717, 1.165) is 5.56 Å². The Morgan fingerprint density at radius 2 is 1.73 bits per heavy atom. The highest BCUT2D eigenvalue weighted by molar-refractivity contribution is 6.24. The number of anilines is 1. The summed E-state index contributed by atoms with van der Waals surface area (Å²) in [6.07, 6.45) is 0.177. The molecule has 0 bridgehead atoms. The van der Waals surface area contributed by atoms with E-state index < -0.39 is 64.7 Å². The first-order chi connectivity index (χ1) is 21.2. The van der Waals surface area contributed by atoms with Gasteiger partial charge < -0.3 is 31.1 Å². The summed E-state index contributed by atoms with van der Waals surface area (Å²) in [6, 6.07) is 10.1. The minimum Gasteiger partial charge on any atom is -0.508 e. The Kier molecular flexibility index (Phi) is 8.51. The number of Topliss-reactive ketones (excluding diaryl/α,β-unsaturated/α-hetero) is 2. The van der Waals surface area contributed by atoms with Gasteiger partial charge in [0.2, 0.25) is 5.78 Å². The Morgan fingerprint density at radius 1 is 1.07 bits per heavy atom. The number of nitrogens with two attached hydrogens (primary N) is 1. The topological polar surface area (TPSA) is 168 Å². The summed E-state index contributed by atoms with van der Waals surface area (Å²) in [7, 11) is 6.72. The number of aliphatic hydroxyl groups excluding tert-OH is 2. The van der Waals surface area contributed by atoms with Crippen LogP contribution in [0.5, 0.6) is 5.75 Å². The first-order valence-corrected chi connectivity index (χ1v) is 14.8. The second kappa shape index (κ2) is 11.9. The molecule has 0 heterocycles. The lowest BCUT2D eigenvalue weighted by Crippen LogP contribution is -2.65. The Labute approximate surface area is 260 Å². The average Bonchev–Trinajstić information content (AvgIpc) is 2.96. The van der Waals surface area contributed by atoms with Gasteiger partial charge in [-0.05, 0) is 50.0 Å². The zero-order valence-corrected chi connectivity index (χ0v) is 25.7. The van der Waals surface area contributed by atoms with Crippen molar-refractivity contribution in [3.63, 3.8) is 0 Å². The fourth-order valence-electron chi connectivity index (χ4n) is 7.28. The Hall–Kier alpha value is -4.26. The van der Waals surface area contributed by atoms with Gasteiger partial charge in [-0.15, -0.1) is 0 Å². The number of primary amides is 1. The SMILES string of the molecule is CN(C)c1cc(CN(CCF)Cc2ccccc2)c(O)c2c1C[C@H]1C[C@H]3[C@H](N(C)C)C(=O)C(C(N)=O)=C(O)[C@@]3(O)C(=O)C1=C2O. The van der Waals surface area contributed by atoms with Crippen LogP contribution >= 0.6 is 0 Å². The van der Waals surface area contributed by atoms with E-state index in [2.05, 4.69) is 0 Å². The number of carbonyl (C=O) groups excluding carboxylic acids is 3. The van der Waals surface area contributed by atoms with Crippen LogP contribution in [-0.2, 0) is 33.9 Å². The molecule has 45 heavy (non-hydrogen) atoms.